The summed E-state index contributed by atoms with van der Waals surface area (Å²) in [6, 6.07) is 7.68. The Kier molecular flexibility index (Phi) is 4.27. The van der Waals surface area contributed by atoms with Gasteiger partial charge in [-0.2, -0.15) is 4.98 Å². The van der Waals surface area contributed by atoms with Gasteiger partial charge in [0.1, 0.15) is 0 Å². The van der Waals surface area contributed by atoms with E-state index in [1.54, 1.807) is 0 Å². The first kappa shape index (κ1) is 14.5. The summed E-state index contributed by atoms with van der Waals surface area (Å²) in [6.07, 6.45) is 7.21. The Balaban J connectivity index is 1.76. The van der Waals surface area contributed by atoms with Crippen LogP contribution < -0.4 is 5.73 Å². The summed E-state index contributed by atoms with van der Waals surface area (Å²) >= 11 is 5.99. The molecular weight excluding hydrogens is 286 g/mol. The van der Waals surface area contributed by atoms with Crippen molar-refractivity contribution >= 4 is 11.6 Å². The number of halogens is 1. The second-order valence-corrected chi connectivity index (χ2v) is 6.33. The normalized spacial score (nSPS) is 18.4. The summed E-state index contributed by atoms with van der Waals surface area (Å²) in [7, 11) is 0. The smallest absolute Gasteiger partial charge is 0.231 e. The first-order valence-corrected chi connectivity index (χ1v) is 7.90. The molecule has 0 saturated heterocycles. The molecule has 0 atom stereocenters. The van der Waals surface area contributed by atoms with Crippen molar-refractivity contribution in [2.45, 2.75) is 50.5 Å². The fourth-order valence-electron chi connectivity index (χ4n) is 2.93. The van der Waals surface area contributed by atoms with E-state index in [0.717, 1.165) is 31.2 Å². The van der Waals surface area contributed by atoms with Crippen molar-refractivity contribution in [3.63, 3.8) is 0 Å². The molecule has 1 saturated carbocycles. The van der Waals surface area contributed by atoms with Gasteiger partial charge in [-0.25, -0.2) is 0 Å². The van der Waals surface area contributed by atoms with Crippen LogP contribution in [0.5, 0.6) is 0 Å². The van der Waals surface area contributed by atoms with Crippen molar-refractivity contribution in [3.8, 4) is 0 Å². The molecule has 1 aliphatic carbocycles. The van der Waals surface area contributed by atoms with Crippen LogP contribution in [0.1, 0.15) is 55.8 Å². The number of benzene rings is 1. The van der Waals surface area contributed by atoms with Crippen molar-refractivity contribution in [1.82, 2.24) is 10.1 Å². The average Bonchev–Trinajstić information content (AvgIpc) is 2.81. The Bertz CT molecular complexity index is 603. The van der Waals surface area contributed by atoms with Gasteiger partial charge in [-0.05, 0) is 30.5 Å². The van der Waals surface area contributed by atoms with E-state index in [0.29, 0.717) is 23.2 Å². The molecule has 2 aromatic rings. The number of rotatable bonds is 3. The first-order valence-electron chi connectivity index (χ1n) is 7.52. The van der Waals surface area contributed by atoms with Crippen LogP contribution in [0, 0.1) is 0 Å². The highest BCUT2D eigenvalue weighted by Gasteiger charge is 2.33. The Morgan fingerprint density at radius 1 is 1.19 bits per heavy atom. The van der Waals surface area contributed by atoms with Gasteiger partial charge in [0.2, 0.25) is 5.89 Å². The minimum atomic E-state index is -0.424. The van der Waals surface area contributed by atoms with E-state index in [9.17, 15) is 0 Å². The molecule has 1 heterocycles. The van der Waals surface area contributed by atoms with Gasteiger partial charge in [-0.3, -0.25) is 0 Å². The van der Waals surface area contributed by atoms with E-state index in [1.807, 2.05) is 24.3 Å². The topological polar surface area (TPSA) is 64.9 Å². The van der Waals surface area contributed by atoms with Crippen LogP contribution in [-0.4, -0.2) is 10.1 Å². The molecule has 1 fully saturated rings. The molecule has 5 heteroatoms. The largest absolute Gasteiger partial charge is 0.339 e. The molecule has 1 aliphatic rings. The minimum absolute atomic E-state index is 0.424. The molecule has 0 radical (unpaired) electrons. The number of aromatic nitrogens is 2. The fraction of sp³-hybridized carbons (Fsp3) is 0.500. The second-order valence-electron chi connectivity index (χ2n) is 5.89. The summed E-state index contributed by atoms with van der Waals surface area (Å²) in [5.74, 6) is 1.25. The molecule has 0 bridgehead atoms. The molecular formula is C16H20ClN3O. The van der Waals surface area contributed by atoms with Crippen molar-refractivity contribution in [3.05, 3.63) is 46.6 Å². The first-order chi connectivity index (χ1) is 10.2. The lowest BCUT2D eigenvalue weighted by Gasteiger charge is -2.23. The Morgan fingerprint density at radius 3 is 2.67 bits per heavy atom. The minimum Gasteiger partial charge on any atom is -0.339 e. The summed E-state index contributed by atoms with van der Waals surface area (Å²) < 4.78 is 5.38. The van der Waals surface area contributed by atoms with Crippen LogP contribution in [0.4, 0.5) is 0 Å². The molecule has 0 aliphatic heterocycles. The number of nitrogens with zero attached hydrogens (tertiary/aromatic N) is 2. The van der Waals surface area contributed by atoms with Crippen LogP contribution in [0.15, 0.2) is 28.8 Å². The Labute approximate surface area is 129 Å². The molecule has 1 aromatic carbocycles. The SMILES string of the molecule is NC1(c2noc(Cc3cccc(Cl)c3)n2)CCCCCC1. The highest BCUT2D eigenvalue weighted by Crippen LogP contribution is 2.32. The highest BCUT2D eigenvalue weighted by atomic mass is 35.5. The highest BCUT2D eigenvalue weighted by molar-refractivity contribution is 6.30. The molecule has 2 N–H and O–H groups in total. The number of hydrogen-bond donors (Lipinski definition) is 1. The van der Waals surface area contributed by atoms with Crippen LogP contribution >= 0.6 is 11.6 Å². The predicted octanol–water partition coefficient (Wildman–Crippen LogP) is 3.82. The van der Waals surface area contributed by atoms with Gasteiger partial charge in [0, 0.05) is 5.02 Å². The number of hydrogen-bond acceptors (Lipinski definition) is 4. The fourth-order valence-corrected chi connectivity index (χ4v) is 3.15. The summed E-state index contributed by atoms with van der Waals surface area (Å²) in [4.78, 5) is 4.53. The summed E-state index contributed by atoms with van der Waals surface area (Å²) in [5.41, 5.74) is 7.14. The molecule has 0 unspecified atom stereocenters. The van der Waals surface area contributed by atoms with E-state index >= 15 is 0 Å². The maximum atomic E-state index is 6.51. The predicted molar refractivity (Wildman–Crippen MR) is 82.1 cm³/mol. The van der Waals surface area contributed by atoms with Crippen LogP contribution in [0.3, 0.4) is 0 Å². The van der Waals surface area contributed by atoms with E-state index in [1.165, 1.54) is 12.8 Å². The van der Waals surface area contributed by atoms with E-state index < -0.39 is 5.54 Å². The maximum absolute atomic E-state index is 6.51. The van der Waals surface area contributed by atoms with Gasteiger partial charge in [-0.1, -0.05) is 54.6 Å². The van der Waals surface area contributed by atoms with Gasteiger partial charge >= 0.3 is 0 Å². The molecule has 1 aromatic heterocycles. The maximum Gasteiger partial charge on any atom is 0.231 e. The van der Waals surface area contributed by atoms with Crippen molar-refractivity contribution in [2.75, 3.05) is 0 Å². The van der Waals surface area contributed by atoms with Gasteiger partial charge in [0.05, 0.1) is 12.0 Å². The molecule has 21 heavy (non-hydrogen) atoms. The lowest BCUT2D eigenvalue weighted by atomic mass is 9.91. The van der Waals surface area contributed by atoms with Crippen LogP contribution in [0.25, 0.3) is 0 Å². The van der Waals surface area contributed by atoms with E-state index in [-0.39, 0.29) is 0 Å². The molecule has 112 valence electrons. The lowest BCUT2D eigenvalue weighted by molar-refractivity contribution is 0.326. The van der Waals surface area contributed by atoms with E-state index in [4.69, 9.17) is 21.9 Å². The molecule has 4 nitrogen and oxygen atoms in total. The number of nitrogens with two attached hydrogens (primary N) is 1. The van der Waals surface area contributed by atoms with Crippen LogP contribution in [-0.2, 0) is 12.0 Å². The van der Waals surface area contributed by atoms with Crippen molar-refractivity contribution in [1.29, 1.82) is 0 Å². The zero-order chi connectivity index (χ0) is 14.7. The van der Waals surface area contributed by atoms with Crippen molar-refractivity contribution < 1.29 is 4.52 Å². The van der Waals surface area contributed by atoms with Gasteiger partial charge in [-0.15, -0.1) is 0 Å². The molecule has 3 rings (SSSR count). The van der Waals surface area contributed by atoms with Crippen LogP contribution in [0.2, 0.25) is 5.02 Å². The summed E-state index contributed by atoms with van der Waals surface area (Å²) in [5, 5.41) is 4.84. The Morgan fingerprint density at radius 2 is 1.95 bits per heavy atom. The zero-order valence-electron chi connectivity index (χ0n) is 12.0. The Hall–Kier alpha value is -1.39. The average molecular weight is 306 g/mol. The summed E-state index contributed by atoms with van der Waals surface area (Å²) in [6.45, 7) is 0. The molecule has 0 amide bonds. The monoisotopic (exact) mass is 305 g/mol. The van der Waals surface area contributed by atoms with E-state index in [2.05, 4.69) is 10.1 Å². The quantitative estimate of drug-likeness (QED) is 0.875. The molecule has 0 spiro atoms. The van der Waals surface area contributed by atoms with Gasteiger partial charge in [0.25, 0.3) is 0 Å². The van der Waals surface area contributed by atoms with Crippen molar-refractivity contribution in [2.24, 2.45) is 5.73 Å². The third kappa shape index (κ3) is 3.44. The third-order valence-corrected chi connectivity index (χ3v) is 4.39. The third-order valence-electron chi connectivity index (χ3n) is 4.15. The zero-order valence-corrected chi connectivity index (χ0v) is 12.8. The standard InChI is InChI=1S/C16H20ClN3O/c17-13-7-5-6-12(10-13)11-14-19-15(20-21-14)16(18)8-3-1-2-4-9-16/h5-7,10H,1-4,8-9,11,18H2. The van der Waals surface area contributed by atoms with Gasteiger partial charge < -0.3 is 10.3 Å². The van der Waals surface area contributed by atoms with Gasteiger partial charge in [0.15, 0.2) is 5.82 Å². The second kappa shape index (κ2) is 6.16. The lowest BCUT2D eigenvalue weighted by Crippen LogP contribution is -2.37.